The highest BCUT2D eigenvalue weighted by molar-refractivity contribution is 5.59. The number of aromatic nitrogens is 4. The van der Waals surface area contributed by atoms with Crippen molar-refractivity contribution >= 4 is 17.5 Å². The van der Waals surface area contributed by atoms with Crippen LogP contribution in [-0.4, -0.2) is 76.4 Å². The van der Waals surface area contributed by atoms with Crippen molar-refractivity contribution in [2.75, 3.05) is 49.6 Å². The molecule has 1 unspecified atom stereocenters. The lowest BCUT2D eigenvalue weighted by Crippen LogP contribution is -2.56. The lowest BCUT2D eigenvalue weighted by Gasteiger charge is -2.42. The van der Waals surface area contributed by atoms with Gasteiger partial charge in [-0.2, -0.15) is 9.49 Å². The number of alkyl halides is 2. The smallest absolute Gasteiger partial charge is 0.248 e. The van der Waals surface area contributed by atoms with Gasteiger partial charge in [-0.05, 0) is 19.3 Å². The van der Waals surface area contributed by atoms with E-state index in [1.54, 1.807) is 6.07 Å². The molecule has 0 amide bonds. The SMILES string of the molecule is Fc1c(Nc2cc(C3CCC(F)(F)C3)[nH]n2)nc(C2CC2)nc1N1CCN(C2COC2)CC1. The summed E-state index contributed by atoms with van der Waals surface area (Å²) in [5.41, 5.74) is 0.642. The molecule has 2 aromatic heterocycles. The maximum Gasteiger partial charge on any atom is 0.248 e. The van der Waals surface area contributed by atoms with Crippen LogP contribution < -0.4 is 10.2 Å². The van der Waals surface area contributed by atoms with Crippen LogP contribution in [0.2, 0.25) is 0 Å². The number of nitrogens with zero attached hydrogens (tertiary/aromatic N) is 5. The zero-order valence-electron chi connectivity index (χ0n) is 18.4. The molecule has 2 aliphatic heterocycles. The van der Waals surface area contributed by atoms with Gasteiger partial charge in [-0.25, -0.2) is 18.7 Å². The normalized spacial score (nSPS) is 25.9. The molecule has 4 heterocycles. The predicted molar refractivity (Wildman–Crippen MR) is 116 cm³/mol. The summed E-state index contributed by atoms with van der Waals surface area (Å²) in [6.45, 7) is 4.60. The van der Waals surface area contributed by atoms with Gasteiger partial charge in [-0.1, -0.05) is 0 Å². The van der Waals surface area contributed by atoms with E-state index >= 15 is 4.39 Å². The van der Waals surface area contributed by atoms with E-state index in [1.807, 2.05) is 4.90 Å². The zero-order chi connectivity index (χ0) is 22.6. The summed E-state index contributed by atoms with van der Waals surface area (Å²) in [4.78, 5) is 13.4. The molecule has 4 fully saturated rings. The molecule has 6 rings (SSSR count). The Morgan fingerprint density at radius 1 is 1.06 bits per heavy atom. The van der Waals surface area contributed by atoms with Gasteiger partial charge >= 0.3 is 0 Å². The summed E-state index contributed by atoms with van der Waals surface area (Å²) in [7, 11) is 0. The van der Waals surface area contributed by atoms with Crippen molar-refractivity contribution in [3.05, 3.63) is 23.4 Å². The van der Waals surface area contributed by atoms with Crippen molar-refractivity contribution in [2.45, 2.75) is 55.9 Å². The number of anilines is 3. The number of piperazine rings is 1. The molecule has 178 valence electrons. The number of hydrogen-bond donors (Lipinski definition) is 2. The van der Waals surface area contributed by atoms with Gasteiger partial charge in [0.2, 0.25) is 11.7 Å². The summed E-state index contributed by atoms with van der Waals surface area (Å²) in [6, 6.07) is 2.15. The van der Waals surface area contributed by atoms with E-state index in [2.05, 4.69) is 30.4 Å². The second kappa shape index (κ2) is 8.12. The third kappa shape index (κ3) is 4.28. The Bertz CT molecular complexity index is 1020. The first-order chi connectivity index (χ1) is 15.9. The molecule has 4 aliphatic rings. The summed E-state index contributed by atoms with van der Waals surface area (Å²) in [5, 5.41) is 10.00. The molecule has 8 nitrogen and oxygen atoms in total. The van der Waals surface area contributed by atoms with Crippen LogP contribution in [-0.2, 0) is 4.74 Å². The topological polar surface area (TPSA) is 82.2 Å². The van der Waals surface area contributed by atoms with E-state index in [1.165, 1.54) is 0 Å². The Labute approximate surface area is 189 Å². The van der Waals surface area contributed by atoms with Crippen LogP contribution >= 0.6 is 0 Å². The van der Waals surface area contributed by atoms with Crippen molar-refractivity contribution in [1.29, 1.82) is 0 Å². The third-order valence-corrected chi connectivity index (χ3v) is 7.23. The lowest BCUT2D eigenvalue weighted by atomic mass is 10.0. The second-order valence-electron chi connectivity index (χ2n) is 9.69. The summed E-state index contributed by atoms with van der Waals surface area (Å²) in [6.07, 6.45) is 2.11. The van der Waals surface area contributed by atoms with Gasteiger partial charge in [0.25, 0.3) is 0 Å². The van der Waals surface area contributed by atoms with E-state index in [-0.39, 0.29) is 30.5 Å². The molecule has 0 bridgehead atoms. The molecule has 2 N–H and O–H groups in total. The van der Waals surface area contributed by atoms with Gasteiger partial charge in [-0.15, -0.1) is 0 Å². The van der Waals surface area contributed by atoms with Gasteiger partial charge < -0.3 is 15.0 Å². The van der Waals surface area contributed by atoms with E-state index in [4.69, 9.17) is 4.74 Å². The van der Waals surface area contributed by atoms with E-state index in [0.717, 1.165) is 39.1 Å². The molecule has 1 atom stereocenters. The molecular weight excluding hydrogens is 435 g/mol. The molecule has 2 aliphatic carbocycles. The average Bonchev–Trinajstić information content (AvgIpc) is 3.40. The van der Waals surface area contributed by atoms with E-state index in [0.29, 0.717) is 48.7 Å². The fourth-order valence-electron chi connectivity index (χ4n) is 4.95. The minimum Gasteiger partial charge on any atom is -0.378 e. The van der Waals surface area contributed by atoms with Crippen LogP contribution in [0.25, 0.3) is 0 Å². The van der Waals surface area contributed by atoms with Gasteiger partial charge in [0.1, 0.15) is 5.82 Å². The summed E-state index contributed by atoms with van der Waals surface area (Å²) >= 11 is 0. The van der Waals surface area contributed by atoms with E-state index in [9.17, 15) is 8.78 Å². The van der Waals surface area contributed by atoms with Crippen molar-refractivity contribution in [1.82, 2.24) is 25.1 Å². The molecule has 0 aromatic carbocycles. The quantitative estimate of drug-likeness (QED) is 0.680. The van der Waals surface area contributed by atoms with Gasteiger partial charge in [0.05, 0.1) is 19.3 Å². The Kier molecular flexibility index (Phi) is 5.21. The van der Waals surface area contributed by atoms with Crippen LogP contribution in [0.1, 0.15) is 55.5 Å². The van der Waals surface area contributed by atoms with Gasteiger partial charge in [0.15, 0.2) is 17.5 Å². The predicted octanol–water partition coefficient (Wildman–Crippen LogP) is 3.38. The fraction of sp³-hybridized carbons (Fsp3) is 0.682. The maximum absolute atomic E-state index is 15.5. The molecule has 2 aromatic rings. The maximum atomic E-state index is 15.5. The standard InChI is InChI=1S/C22H28F3N7O/c23-18-20(26-17-9-16(29-30-17)14-3-4-22(24,25)10-14)27-19(13-1-2-13)28-21(18)32-7-5-31(6-8-32)15-11-33-12-15/h9,13-15H,1-8,10-12H2,(H2,26,27,28,29,30). The summed E-state index contributed by atoms with van der Waals surface area (Å²) in [5.74, 6) is -1.71. The minimum absolute atomic E-state index is 0.0894. The van der Waals surface area contributed by atoms with Crippen LogP contribution in [0.5, 0.6) is 0 Å². The van der Waals surface area contributed by atoms with Crippen LogP contribution in [0.3, 0.4) is 0 Å². The van der Waals surface area contributed by atoms with Crippen LogP contribution in [0.4, 0.5) is 30.6 Å². The lowest BCUT2D eigenvalue weighted by molar-refractivity contribution is -0.0661. The molecule has 2 saturated heterocycles. The molecular formula is C22H28F3N7O. The first kappa shape index (κ1) is 21.2. The second-order valence-corrected chi connectivity index (χ2v) is 9.69. The molecule has 0 spiro atoms. The highest BCUT2D eigenvalue weighted by atomic mass is 19.3. The van der Waals surface area contributed by atoms with Crippen molar-refractivity contribution in [2.24, 2.45) is 0 Å². The molecule has 11 heteroatoms. The Hall–Kier alpha value is -2.40. The third-order valence-electron chi connectivity index (χ3n) is 7.23. The van der Waals surface area contributed by atoms with Crippen molar-refractivity contribution in [3.63, 3.8) is 0 Å². The number of hydrogen-bond acceptors (Lipinski definition) is 7. The van der Waals surface area contributed by atoms with Gasteiger partial charge in [0, 0.05) is 62.6 Å². The Balaban J connectivity index is 1.21. The summed E-state index contributed by atoms with van der Waals surface area (Å²) < 4.78 is 48.0. The number of aromatic amines is 1. The molecule has 0 radical (unpaired) electrons. The Morgan fingerprint density at radius 2 is 1.85 bits per heavy atom. The van der Waals surface area contributed by atoms with Gasteiger partial charge in [-0.3, -0.25) is 10.00 Å². The first-order valence-corrected chi connectivity index (χ1v) is 11.8. The number of ether oxygens (including phenoxy) is 1. The Morgan fingerprint density at radius 3 is 2.48 bits per heavy atom. The first-order valence-electron chi connectivity index (χ1n) is 11.8. The largest absolute Gasteiger partial charge is 0.378 e. The minimum atomic E-state index is -2.63. The highest BCUT2D eigenvalue weighted by Crippen LogP contribution is 2.44. The van der Waals surface area contributed by atoms with Crippen LogP contribution in [0, 0.1) is 5.82 Å². The number of nitrogens with one attached hydrogen (secondary N) is 2. The van der Waals surface area contributed by atoms with Crippen molar-refractivity contribution < 1.29 is 17.9 Å². The number of rotatable bonds is 6. The van der Waals surface area contributed by atoms with E-state index < -0.39 is 11.7 Å². The monoisotopic (exact) mass is 463 g/mol. The van der Waals surface area contributed by atoms with Crippen LogP contribution in [0.15, 0.2) is 6.07 Å². The fourth-order valence-corrected chi connectivity index (χ4v) is 4.95. The molecule has 2 saturated carbocycles. The average molecular weight is 464 g/mol. The molecule has 33 heavy (non-hydrogen) atoms. The highest BCUT2D eigenvalue weighted by Gasteiger charge is 2.41. The van der Waals surface area contributed by atoms with Crippen molar-refractivity contribution in [3.8, 4) is 0 Å². The zero-order valence-corrected chi connectivity index (χ0v) is 18.4. The number of halogens is 3. The number of H-pyrrole nitrogens is 1.